The SMILES string of the molecule is c1ccc(-c2ccc(N(c3ccc(-c4ccc5c(c4)c4ccccc4n5-c4ccccc4)cc3)c3ccc4c5cccc6c7ccccc7n(c4c3)c65)cc2)cc1. The van der Waals surface area contributed by atoms with Crippen molar-refractivity contribution in [2.75, 3.05) is 4.90 Å². The Bertz CT molecular complexity index is 3430. The molecule has 0 spiro atoms. The molecule has 9 aromatic carbocycles. The summed E-state index contributed by atoms with van der Waals surface area (Å²) in [5.74, 6) is 0. The molecule has 0 fully saturated rings. The molecule has 0 N–H and O–H groups in total. The van der Waals surface area contributed by atoms with E-state index in [1.165, 1.54) is 87.8 Å². The molecule has 12 rings (SSSR count). The van der Waals surface area contributed by atoms with Gasteiger partial charge in [-0.25, -0.2) is 0 Å². The summed E-state index contributed by atoms with van der Waals surface area (Å²) in [6.45, 7) is 0. The molecule has 0 saturated heterocycles. The summed E-state index contributed by atoms with van der Waals surface area (Å²) in [6.07, 6.45) is 0. The van der Waals surface area contributed by atoms with E-state index < -0.39 is 0 Å². The number of hydrogen-bond donors (Lipinski definition) is 0. The van der Waals surface area contributed by atoms with Gasteiger partial charge in [-0.3, -0.25) is 0 Å². The van der Waals surface area contributed by atoms with Crippen molar-refractivity contribution in [1.82, 2.24) is 8.97 Å². The van der Waals surface area contributed by atoms with Crippen LogP contribution in [0.3, 0.4) is 0 Å². The fraction of sp³-hybridized carbons (Fsp3) is 0. The van der Waals surface area contributed by atoms with Gasteiger partial charge in [0.25, 0.3) is 0 Å². The molecule has 57 heavy (non-hydrogen) atoms. The van der Waals surface area contributed by atoms with Crippen LogP contribution in [0.15, 0.2) is 212 Å². The van der Waals surface area contributed by atoms with Gasteiger partial charge in [0.05, 0.1) is 27.6 Å². The van der Waals surface area contributed by atoms with E-state index >= 15 is 0 Å². The maximum atomic E-state index is 2.46. The maximum Gasteiger partial charge on any atom is 0.0620 e. The van der Waals surface area contributed by atoms with Gasteiger partial charge in [0.15, 0.2) is 0 Å². The number of nitrogens with zero attached hydrogens (tertiary/aromatic N) is 3. The lowest BCUT2D eigenvalue weighted by Gasteiger charge is -2.26. The van der Waals surface area contributed by atoms with E-state index in [-0.39, 0.29) is 0 Å². The molecule has 266 valence electrons. The first-order valence-electron chi connectivity index (χ1n) is 19.6. The lowest BCUT2D eigenvalue weighted by Crippen LogP contribution is -2.10. The van der Waals surface area contributed by atoms with Crippen LogP contribution in [-0.4, -0.2) is 8.97 Å². The monoisotopic (exact) mass is 725 g/mol. The van der Waals surface area contributed by atoms with Gasteiger partial charge in [0.1, 0.15) is 0 Å². The molecule has 12 aromatic rings. The molecule has 0 aliphatic heterocycles. The van der Waals surface area contributed by atoms with E-state index in [4.69, 9.17) is 0 Å². The van der Waals surface area contributed by atoms with Crippen LogP contribution in [-0.2, 0) is 0 Å². The summed E-state index contributed by atoms with van der Waals surface area (Å²) in [5, 5.41) is 7.65. The van der Waals surface area contributed by atoms with Gasteiger partial charge in [-0.15, -0.1) is 0 Å². The number of benzene rings is 9. The fourth-order valence-corrected chi connectivity index (χ4v) is 9.25. The van der Waals surface area contributed by atoms with Crippen molar-refractivity contribution >= 4 is 77.0 Å². The lowest BCUT2D eigenvalue weighted by molar-refractivity contribution is 1.18. The Labute approximate surface area is 329 Å². The van der Waals surface area contributed by atoms with Crippen molar-refractivity contribution in [3.05, 3.63) is 212 Å². The molecular weight excluding hydrogens is 691 g/mol. The Morgan fingerprint density at radius 1 is 0.281 bits per heavy atom. The third-order valence-corrected chi connectivity index (χ3v) is 11.8. The third-order valence-electron chi connectivity index (χ3n) is 11.8. The van der Waals surface area contributed by atoms with Crippen LogP contribution in [0.5, 0.6) is 0 Å². The van der Waals surface area contributed by atoms with Crippen LogP contribution in [0.1, 0.15) is 0 Å². The quantitative estimate of drug-likeness (QED) is 0.166. The summed E-state index contributed by atoms with van der Waals surface area (Å²) in [7, 11) is 0. The van der Waals surface area contributed by atoms with E-state index in [9.17, 15) is 0 Å². The molecule has 3 heteroatoms. The van der Waals surface area contributed by atoms with E-state index in [2.05, 4.69) is 226 Å². The predicted octanol–water partition coefficient (Wildman–Crippen LogP) is 14.7. The zero-order valence-electron chi connectivity index (χ0n) is 31.0. The van der Waals surface area contributed by atoms with Crippen molar-refractivity contribution in [3.8, 4) is 27.9 Å². The highest BCUT2D eigenvalue weighted by Gasteiger charge is 2.20. The van der Waals surface area contributed by atoms with E-state index in [1.807, 2.05) is 0 Å². The van der Waals surface area contributed by atoms with E-state index in [1.54, 1.807) is 0 Å². The first-order chi connectivity index (χ1) is 28.3. The molecule has 3 heterocycles. The van der Waals surface area contributed by atoms with Gasteiger partial charge >= 0.3 is 0 Å². The Balaban J connectivity index is 1.00. The average molecular weight is 726 g/mol. The van der Waals surface area contributed by atoms with Crippen molar-refractivity contribution in [3.63, 3.8) is 0 Å². The highest BCUT2D eigenvalue weighted by atomic mass is 15.1. The summed E-state index contributed by atoms with van der Waals surface area (Å²) in [5.41, 5.74) is 15.4. The molecule has 0 saturated carbocycles. The van der Waals surface area contributed by atoms with Crippen molar-refractivity contribution in [1.29, 1.82) is 0 Å². The van der Waals surface area contributed by atoms with Crippen molar-refractivity contribution in [2.24, 2.45) is 0 Å². The normalized spacial score (nSPS) is 11.9. The highest BCUT2D eigenvalue weighted by Crippen LogP contribution is 2.43. The Morgan fingerprint density at radius 3 is 1.47 bits per heavy atom. The van der Waals surface area contributed by atoms with Crippen LogP contribution in [0.25, 0.3) is 87.8 Å². The number of anilines is 3. The van der Waals surface area contributed by atoms with Gasteiger partial charge < -0.3 is 13.9 Å². The number of rotatable bonds is 6. The van der Waals surface area contributed by atoms with Crippen molar-refractivity contribution in [2.45, 2.75) is 0 Å². The maximum absolute atomic E-state index is 2.46. The number of fused-ring (bicyclic) bond motifs is 9. The average Bonchev–Trinajstić information content (AvgIpc) is 3.92. The topological polar surface area (TPSA) is 12.6 Å². The van der Waals surface area contributed by atoms with E-state index in [0.29, 0.717) is 0 Å². The Kier molecular flexibility index (Phi) is 6.93. The number of aromatic nitrogens is 2. The molecule has 0 radical (unpaired) electrons. The third kappa shape index (κ3) is 4.86. The highest BCUT2D eigenvalue weighted by molar-refractivity contribution is 6.23. The zero-order chi connectivity index (χ0) is 37.5. The molecule has 0 atom stereocenters. The molecule has 0 amide bonds. The van der Waals surface area contributed by atoms with Gasteiger partial charge in [0, 0.05) is 55.1 Å². The smallest absolute Gasteiger partial charge is 0.0620 e. The summed E-state index contributed by atoms with van der Waals surface area (Å²) >= 11 is 0. The Morgan fingerprint density at radius 2 is 0.772 bits per heavy atom. The number of hydrogen-bond acceptors (Lipinski definition) is 1. The second kappa shape index (κ2) is 12.5. The molecule has 0 bridgehead atoms. The predicted molar refractivity (Wildman–Crippen MR) is 241 cm³/mol. The first-order valence-corrected chi connectivity index (χ1v) is 19.6. The minimum absolute atomic E-state index is 1.10. The van der Waals surface area contributed by atoms with Gasteiger partial charge in [-0.1, -0.05) is 140 Å². The van der Waals surface area contributed by atoms with E-state index in [0.717, 1.165) is 17.1 Å². The molecule has 3 aromatic heterocycles. The summed E-state index contributed by atoms with van der Waals surface area (Å²) in [6, 6.07) is 77.3. The van der Waals surface area contributed by atoms with Gasteiger partial charge in [-0.05, 0) is 95.1 Å². The van der Waals surface area contributed by atoms with Gasteiger partial charge in [0.2, 0.25) is 0 Å². The summed E-state index contributed by atoms with van der Waals surface area (Å²) in [4.78, 5) is 2.39. The molecule has 0 aliphatic rings. The Hall–Kier alpha value is -7.62. The summed E-state index contributed by atoms with van der Waals surface area (Å²) < 4.78 is 4.83. The molecule has 3 nitrogen and oxygen atoms in total. The standard InChI is InChI=1S/C54H35N3/c1-3-12-36(13-4-1)37-22-27-41(28-23-37)55(43-31-32-46-48-19-11-18-47-44-16-7-10-21-51(44)57(54(47)48)53(46)35-43)42-29-24-38(25-30-42)39-26-33-52-49(34-39)45-17-8-9-20-50(45)56(52)40-14-5-2-6-15-40/h1-35H. The minimum Gasteiger partial charge on any atom is -0.310 e. The zero-order valence-corrected chi connectivity index (χ0v) is 31.0. The lowest BCUT2D eigenvalue weighted by atomic mass is 10.0. The minimum atomic E-state index is 1.10. The molecular formula is C54H35N3. The van der Waals surface area contributed by atoms with Crippen LogP contribution in [0.2, 0.25) is 0 Å². The van der Waals surface area contributed by atoms with Crippen molar-refractivity contribution < 1.29 is 0 Å². The van der Waals surface area contributed by atoms with Crippen LogP contribution in [0.4, 0.5) is 17.1 Å². The fourth-order valence-electron chi connectivity index (χ4n) is 9.25. The number of para-hydroxylation sites is 4. The molecule has 0 aliphatic carbocycles. The van der Waals surface area contributed by atoms with Crippen LogP contribution in [0, 0.1) is 0 Å². The van der Waals surface area contributed by atoms with Crippen LogP contribution >= 0.6 is 0 Å². The van der Waals surface area contributed by atoms with Crippen LogP contribution < -0.4 is 4.90 Å². The molecule has 0 unspecified atom stereocenters. The largest absolute Gasteiger partial charge is 0.310 e. The second-order valence-electron chi connectivity index (χ2n) is 15.0. The second-order valence-corrected chi connectivity index (χ2v) is 15.0. The first kappa shape index (κ1) is 31.7. The van der Waals surface area contributed by atoms with Gasteiger partial charge in [-0.2, -0.15) is 0 Å².